The van der Waals surface area contributed by atoms with Gasteiger partial charge in [-0.3, -0.25) is 4.79 Å². The summed E-state index contributed by atoms with van der Waals surface area (Å²) in [6.07, 6.45) is 0. The Morgan fingerprint density at radius 2 is 1.79 bits per heavy atom. The second-order valence-electron chi connectivity index (χ2n) is 5.93. The maximum atomic E-state index is 14.4. The molecule has 1 N–H and O–H groups in total. The van der Waals surface area contributed by atoms with E-state index in [0.29, 0.717) is 0 Å². The van der Waals surface area contributed by atoms with Crippen molar-refractivity contribution >= 4 is 23.2 Å². The Labute approximate surface area is 164 Å². The van der Waals surface area contributed by atoms with Gasteiger partial charge in [-0.1, -0.05) is 17.7 Å². The Kier molecular flexibility index (Phi) is 7.02. The maximum Gasteiger partial charge on any atom is 0.239 e. The van der Waals surface area contributed by atoms with Crippen LogP contribution in [0.25, 0.3) is 0 Å². The maximum absolute atomic E-state index is 14.4. The van der Waals surface area contributed by atoms with Gasteiger partial charge in [-0.05, 0) is 29.8 Å². The van der Waals surface area contributed by atoms with Gasteiger partial charge in [0.05, 0.1) is 29.5 Å². The molecule has 0 heterocycles. The Bertz CT molecular complexity index is 925. The van der Waals surface area contributed by atoms with Gasteiger partial charge in [-0.2, -0.15) is 5.26 Å². The summed E-state index contributed by atoms with van der Waals surface area (Å²) in [7, 11) is 2.63. The molecule has 2 aromatic rings. The quantitative estimate of drug-likeness (QED) is 0.751. The molecular formula is C19H16ClF3N2O3. The SMILES string of the molecule is COCC(COC)(C(=O)Nc1ccc(C#N)c(Cl)c1F)c1ccc(F)c(F)c1. The second-order valence-corrected chi connectivity index (χ2v) is 6.31. The van der Waals surface area contributed by atoms with Gasteiger partial charge in [0.1, 0.15) is 11.5 Å². The number of hydrogen-bond acceptors (Lipinski definition) is 4. The Hall–Kier alpha value is -2.60. The van der Waals surface area contributed by atoms with Crippen LogP contribution in [0.3, 0.4) is 0 Å². The molecule has 0 radical (unpaired) electrons. The lowest BCUT2D eigenvalue weighted by molar-refractivity contribution is -0.126. The normalized spacial score (nSPS) is 11.2. The van der Waals surface area contributed by atoms with Crippen LogP contribution in [0.2, 0.25) is 5.02 Å². The van der Waals surface area contributed by atoms with Crippen molar-refractivity contribution < 1.29 is 27.4 Å². The fraction of sp³-hybridized carbons (Fsp3) is 0.263. The molecule has 2 rings (SSSR count). The minimum Gasteiger partial charge on any atom is -0.383 e. The predicted molar refractivity (Wildman–Crippen MR) is 96.5 cm³/mol. The molecule has 0 aromatic heterocycles. The standard InChI is InChI=1S/C19H16ClF3N2O3/c1-27-9-19(10-28-2,12-4-5-13(21)14(22)7-12)18(26)25-15-6-3-11(8-24)16(20)17(15)23/h3-7H,9-10H2,1-2H3,(H,25,26). The van der Waals surface area contributed by atoms with Crippen molar-refractivity contribution in [3.8, 4) is 6.07 Å². The van der Waals surface area contributed by atoms with E-state index < -0.39 is 33.8 Å². The number of methoxy groups -OCH3 is 2. The van der Waals surface area contributed by atoms with Crippen LogP contribution in [-0.2, 0) is 19.7 Å². The van der Waals surface area contributed by atoms with Gasteiger partial charge in [-0.15, -0.1) is 0 Å². The van der Waals surface area contributed by atoms with E-state index in [2.05, 4.69) is 5.32 Å². The molecule has 0 fully saturated rings. The summed E-state index contributed by atoms with van der Waals surface area (Å²) < 4.78 is 51.8. The summed E-state index contributed by atoms with van der Waals surface area (Å²) in [6.45, 7) is -0.521. The molecule has 0 aliphatic rings. The summed E-state index contributed by atoms with van der Waals surface area (Å²) >= 11 is 5.78. The van der Waals surface area contributed by atoms with Crippen molar-refractivity contribution in [3.63, 3.8) is 0 Å². The third-order valence-corrected chi connectivity index (χ3v) is 4.51. The highest BCUT2D eigenvalue weighted by Gasteiger charge is 2.42. The largest absolute Gasteiger partial charge is 0.383 e. The predicted octanol–water partition coefficient (Wildman–Crippen LogP) is 3.80. The van der Waals surface area contributed by atoms with E-state index in [1.54, 1.807) is 6.07 Å². The van der Waals surface area contributed by atoms with Crippen molar-refractivity contribution in [3.05, 3.63) is 63.9 Å². The summed E-state index contributed by atoms with van der Waals surface area (Å²) in [6, 6.07) is 7.09. The first-order valence-corrected chi connectivity index (χ1v) is 8.31. The van der Waals surface area contributed by atoms with E-state index in [9.17, 15) is 18.0 Å². The molecule has 5 nitrogen and oxygen atoms in total. The van der Waals surface area contributed by atoms with Crippen LogP contribution >= 0.6 is 11.6 Å². The number of carbonyl (C=O) groups excluding carboxylic acids is 1. The molecule has 148 valence electrons. The lowest BCUT2D eigenvalue weighted by Crippen LogP contribution is -2.48. The van der Waals surface area contributed by atoms with E-state index in [1.807, 2.05) is 0 Å². The fourth-order valence-electron chi connectivity index (χ4n) is 2.73. The van der Waals surface area contributed by atoms with E-state index in [1.165, 1.54) is 32.4 Å². The Balaban J connectivity index is 2.52. The van der Waals surface area contributed by atoms with Gasteiger partial charge in [0.25, 0.3) is 0 Å². The Morgan fingerprint density at radius 1 is 1.14 bits per heavy atom. The smallest absolute Gasteiger partial charge is 0.239 e. The van der Waals surface area contributed by atoms with Gasteiger partial charge in [0.2, 0.25) is 5.91 Å². The van der Waals surface area contributed by atoms with Crippen LogP contribution in [0.5, 0.6) is 0 Å². The van der Waals surface area contributed by atoms with Crippen LogP contribution < -0.4 is 5.32 Å². The summed E-state index contributed by atoms with van der Waals surface area (Å²) in [5.74, 6) is -4.03. The van der Waals surface area contributed by atoms with Crippen LogP contribution in [0.4, 0.5) is 18.9 Å². The number of benzene rings is 2. The molecule has 0 unspecified atom stereocenters. The Morgan fingerprint density at radius 3 is 2.32 bits per heavy atom. The van der Waals surface area contributed by atoms with E-state index in [0.717, 1.165) is 12.1 Å². The first kappa shape index (κ1) is 21.7. The number of anilines is 1. The molecule has 28 heavy (non-hydrogen) atoms. The zero-order valence-corrected chi connectivity index (χ0v) is 15.7. The first-order valence-electron chi connectivity index (χ1n) is 7.93. The van der Waals surface area contributed by atoms with Gasteiger partial charge in [0.15, 0.2) is 17.5 Å². The van der Waals surface area contributed by atoms with Gasteiger partial charge < -0.3 is 14.8 Å². The zero-order chi connectivity index (χ0) is 20.9. The molecule has 2 aromatic carbocycles. The molecule has 0 spiro atoms. The number of ether oxygens (including phenoxy) is 2. The molecule has 0 aliphatic heterocycles. The van der Waals surface area contributed by atoms with Crippen molar-refractivity contribution in [2.75, 3.05) is 32.8 Å². The number of hydrogen-bond donors (Lipinski definition) is 1. The fourth-order valence-corrected chi connectivity index (χ4v) is 2.94. The second kappa shape index (κ2) is 9.06. The highest BCUT2D eigenvalue weighted by molar-refractivity contribution is 6.32. The number of nitriles is 1. The number of carbonyl (C=O) groups is 1. The molecule has 0 atom stereocenters. The lowest BCUT2D eigenvalue weighted by Gasteiger charge is -2.31. The summed E-state index contributed by atoms with van der Waals surface area (Å²) in [4.78, 5) is 13.1. The zero-order valence-electron chi connectivity index (χ0n) is 15.0. The van der Waals surface area contributed by atoms with E-state index in [-0.39, 0.29) is 30.0 Å². The van der Waals surface area contributed by atoms with Crippen LogP contribution in [0.1, 0.15) is 11.1 Å². The molecule has 1 amide bonds. The van der Waals surface area contributed by atoms with Crippen LogP contribution in [-0.4, -0.2) is 33.3 Å². The molecular weight excluding hydrogens is 397 g/mol. The first-order chi connectivity index (χ1) is 13.3. The number of rotatable bonds is 7. The average molecular weight is 413 g/mol. The van der Waals surface area contributed by atoms with Crippen molar-refractivity contribution in [1.29, 1.82) is 5.26 Å². The van der Waals surface area contributed by atoms with Crippen LogP contribution in [0.15, 0.2) is 30.3 Å². The third kappa shape index (κ3) is 4.12. The van der Waals surface area contributed by atoms with Crippen LogP contribution in [0, 0.1) is 28.8 Å². The molecule has 0 saturated carbocycles. The third-order valence-electron chi connectivity index (χ3n) is 4.14. The highest BCUT2D eigenvalue weighted by Crippen LogP contribution is 2.31. The van der Waals surface area contributed by atoms with Crippen molar-refractivity contribution in [2.24, 2.45) is 0 Å². The molecule has 9 heteroatoms. The summed E-state index contributed by atoms with van der Waals surface area (Å²) in [5, 5.41) is 10.8. The molecule has 0 bridgehead atoms. The minimum atomic E-state index is -1.61. The highest BCUT2D eigenvalue weighted by atomic mass is 35.5. The lowest BCUT2D eigenvalue weighted by atomic mass is 9.80. The molecule has 0 aliphatic carbocycles. The van der Waals surface area contributed by atoms with E-state index in [4.69, 9.17) is 26.3 Å². The average Bonchev–Trinajstić information content (AvgIpc) is 2.67. The van der Waals surface area contributed by atoms with Crippen molar-refractivity contribution in [2.45, 2.75) is 5.41 Å². The van der Waals surface area contributed by atoms with E-state index >= 15 is 0 Å². The van der Waals surface area contributed by atoms with Gasteiger partial charge in [-0.25, -0.2) is 13.2 Å². The van der Waals surface area contributed by atoms with Gasteiger partial charge >= 0.3 is 0 Å². The number of nitrogens with one attached hydrogen (secondary N) is 1. The number of amides is 1. The number of halogens is 4. The summed E-state index contributed by atoms with van der Waals surface area (Å²) in [5.41, 5.74) is -1.91. The topological polar surface area (TPSA) is 71.3 Å². The van der Waals surface area contributed by atoms with Gasteiger partial charge in [0, 0.05) is 14.2 Å². The minimum absolute atomic E-state index is 0.0766. The monoisotopic (exact) mass is 412 g/mol. The van der Waals surface area contributed by atoms with Crippen molar-refractivity contribution in [1.82, 2.24) is 0 Å². The number of nitrogens with zero attached hydrogens (tertiary/aromatic N) is 1. The molecule has 0 saturated heterocycles.